The van der Waals surface area contributed by atoms with Crippen LogP contribution in [-0.2, 0) is 0 Å². The number of rotatable bonds is 2. The minimum Gasteiger partial charge on any atom is -0.323 e. The highest BCUT2D eigenvalue weighted by molar-refractivity contribution is 5.24. The zero-order valence-corrected chi connectivity index (χ0v) is 10.7. The third-order valence-corrected chi connectivity index (χ3v) is 3.63. The Hall–Kier alpha value is -1.04. The number of piperazine rings is 1. The molecule has 18 heavy (non-hydrogen) atoms. The van der Waals surface area contributed by atoms with Crippen LogP contribution in [0.1, 0.15) is 11.6 Å². The quantitative estimate of drug-likeness (QED) is 0.862. The van der Waals surface area contributed by atoms with Crippen LogP contribution in [0.4, 0.5) is 8.78 Å². The molecule has 1 aliphatic heterocycles. The highest BCUT2D eigenvalue weighted by atomic mass is 19.1. The number of nitrogens with two attached hydrogens (primary N) is 1. The van der Waals surface area contributed by atoms with Gasteiger partial charge in [0, 0.05) is 37.3 Å². The summed E-state index contributed by atoms with van der Waals surface area (Å²) in [6.45, 7) is 2.60. The predicted octanol–water partition coefficient (Wildman–Crippen LogP) is 1.21. The Morgan fingerprint density at radius 2 is 2.00 bits per heavy atom. The van der Waals surface area contributed by atoms with Gasteiger partial charge in [-0.05, 0) is 32.3 Å². The Kier molecular flexibility index (Phi) is 3.94. The van der Waals surface area contributed by atoms with E-state index in [2.05, 4.69) is 9.80 Å². The molecule has 100 valence electrons. The van der Waals surface area contributed by atoms with Crippen LogP contribution in [0.2, 0.25) is 0 Å². The first-order valence-electron chi connectivity index (χ1n) is 6.08. The lowest BCUT2D eigenvalue weighted by Gasteiger charge is -2.40. The molecule has 3 nitrogen and oxygen atoms in total. The lowest BCUT2D eigenvalue weighted by Crippen LogP contribution is -2.54. The van der Waals surface area contributed by atoms with Crippen molar-refractivity contribution in [1.29, 1.82) is 0 Å². The van der Waals surface area contributed by atoms with Gasteiger partial charge in [0.15, 0.2) is 0 Å². The summed E-state index contributed by atoms with van der Waals surface area (Å²) in [5.41, 5.74) is 6.37. The van der Waals surface area contributed by atoms with E-state index in [1.807, 2.05) is 14.1 Å². The highest BCUT2D eigenvalue weighted by Gasteiger charge is 2.30. The Morgan fingerprint density at radius 3 is 2.72 bits per heavy atom. The summed E-state index contributed by atoms with van der Waals surface area (Å²) in [6, 6.07) is 2.93. The SMILES string of the molecule is CN1CCN(C)C(C(N)c2cc(F)ccc2F)C1. The van der Waals surface area contributed by atoms with Crippen LogP contribution in [0.15, 0.2) is 18.2 Å². The molecule has 0 saturated carbocycles. The maximum Gasteiger partial charge on any atom is 0.128 e. The lowest BCUT2D eigenvalue weighted by atomic mass is 9.96. The summed E-state index contributed by atoms with van der Waals surface area (Å²) in [5.74, 6) is -0.890. The van der Waals surface area contributed by atoms with E-state index in [4.69, 9.17) is 5.73 Å². The normalized spacial score (nSPS) is 24.2. The van der Waals surface area contributed by atoms with Gasteiger partial charge in [-0.2, -0.15) is 0 Å². The highest BCUT2D eigenvalue weighted by Crippen LogP contribution is 2.24. The Balaban J connectivity index is 2.23. The lowest BCUT2D eigenvalue weighted by molar-refractivity contribution is 0.0965. The van der Waals surface area contributed by atoms with E-state index in [-0.39, 0.29) is 11.6 Å². The van der Waals surface area contributed by atoms with Crippen molar-refractivity contribution in [2.75, 3.05) is 33.7 Å². The largest absolute Gasteiger partial charge is 0.323 e. The smallest absolute Gasteiger partial charge is 0.128 e. The molecule has 1 aromatic carbocycles. The summed E-state index contributed by atoms with van der Waals surface area (Å²) in [7, 11) is 3.98. The Labute approximate surface area is 106 Å². The van der Waals surface area contributed by atoms with Crippen LogP contribution in [0.3, 0.4) is 0 Å². The van der Waals surface area contributed by atoms with Gasteiger partial charge in [0.25, 0.3) is 0 Å². The fourth-order valence-corrected chi connectivity index (χ4v) is 2.41. The van der Waals surface area contributed by atoms with Crippen LogP contribution >= 0.6 is 0 Å². The van der Waals surface area contributed by atoms with Gasteiger partial charge >= 0.3 is 0 Å². The van der Waals surface area contributed by atoms with Crippen molar-refractivity contribution in [1.82, 2.24) is 9.80 Å². The number of benzene rings is 1. The van der Waals surface area contributed by atoms with Crippen molar-refractivity contribution in [3.63, 3.8) is 0 Å². The van der Waals surface area contributed by atoms with E-state index < -0.39 is 17.7 Å². The maximum absolute atomic E-state index is 13.7. The number of likely N-dealkylation sites (N-methyl/N-ethyl adjacent to an activating group) is 2. The standard InChI is InChI=1S/C13H19F2N3/c1-17-5-6-18(2)12(8-17)13(16)10-7-9(14)3-4-11(10)15/h3-4,7,12-13H,5-6,8,16H2,1-2H3. The molecular formula is C13H19F2N3. The summed E-state index contributed by atoms with van der Waals surface area (Å²) >= 11 is 0. The molecule has 0 bridgehead atoms. The van der Waals surface area contributed by atoms with Gasteiger partial charge in [0.2, 0.25) is 0 Å². The first kappa shape index (κ1) is 13.4. The van der Waals surface area contributed by atoms with Crippen molar-refractivity contribution < 1.29 is 8.78 Å². The number of hydrogen-bond acceptors (Lipinski definition) is 3. The molecule has 1 saturated heterocycles. The van der Waals surface area contributed by atoms with Gasteiger partial charge in [-0.25, -0.2) is 8.78 Å². The van der Waals surface area contributed by atoms with Gasteiger partial charge < -0.3 is 10.6 Å². The van der Waals surface area contributed by atoms with Gasteiger partial charge in [-0.3, -0.25) is 4.90 Å². The molecule has 1 aromatic rings. The molecule has 2 atom stereocenters. The maximum atomic E-state index is 13.7. The molecule has 2 N–H and O–H groups in total. The van der Waals surface area contributed by atoms with Crippen LogP contribution in [0.5, 0.6) is 0 Å². The van der Waals surface area contributed by atoms with Gasteiger partial charge in [0.05, 0.1) is 0 Å². The molecule has 1 fully saturated rings. The first-order valence-corrected chi connectivity index (χ1v) is 6.08. The van der Waals surface area contributed by atoms with Crippen molar-refractivity contribution >= 4 is 0 Å². The fraction of sp³-hybridized carbons (Fsp3) is 0.538. The predicted molar refractivity (Wildman–Crippen MR) is 67.2 cm³/mol. The fourth-order valence-electron chi connectivity index (χ4n) is 2.41. The van der Waals surface area contributed by atoms with Crippen LogP contribution in [0.25, 0.3) is 0 Å². The second kappa shape index (κ2) is 5.30. The van der Waals surface area contributed by atoms with Gasteiger partial charge in [-0.15, -0.1) is 0 Å². The molecule has 2 unspecified atom stereocenters. The zero-order valence-electron chi connectivity index (χ0n) is 10.7. The Bertz CT molecular complexity index is 425. The van der Waals surface area contributed by atoms with E-state index in [0.29, 0.717) is 0 Å². The van der Waals surface area contributed by atoms with E-state index in [9.17, 15) is 8.78 Å². The third-order valence-electron chi connectivity index (χ3n) is 3.63. The molecule has 2 rings (SSSR count). The minimum atomic E-state index is -0.520. The average molecular weight is 255 g/mol. The topological polar surface area (TPSA) is 32.5 Å². The molecule has 5 heteroatoms. The molecular weight excluding hydrogens is 236 g/mol. The van der Waals surface area contributed by atoms with Crippen molar-refractivity contribution in [2.45, 2.75) is 12.1 Å². The molecule has 1 heterocycles. The third kappa shape index (κ3) is 2.68. The number of hydrogen-bond donors (Lipinski definition) is 1. The summed E-state index contributed by atoms with van der Waals surface area (Å²) in [6.07, 6.45) is 0. The van der Waals surface area contributed by atoms with Crippen molar-refractivity contribution in [2.24, 2.45) is 5.73 Å². The van der Waals surface area contributed by atoms with Gasteiger partial charge in [-0.1, -0.05) is 0 Å². The first-order chi connectivity index (χ1) is 8.49. The summed E-state index contributed by atoms with van der Waals surface area (Å²) in [5, 5.41) is 0. The second-order valence-electron chi connectivity index (χ2n) is 5.00. The molecule has 0 spiro atoms. The summed E-state index contributed by atoms with van der Waals surface area (Å²) in [4.78, 5) is 4.26. The van der Waals surface area contributed by atoms with Crippen LogP contribution in [0, 0.1) is 11.6 Å². The van der Waals surface area contributed by atoms with Crippen LogP contribution < -0.4 is 5.73 Å². The van der Waals surface area contributed by atoms with Gasteiger partial charge in [0.1, 0.15) is 11.6 Å². The molecule has 0 radical (unpaired) electrons. The monoisotopic (exact) mass is 255 g/mol. The molecule has 1 aliphatic rings. The zero-order chi connectivity index (χ0) is 13.3. The van der Waals surface area contributed by atoms with Crippen molar-refractivity contribution in [3.05, 3.63) is 35.4 Å². The number of nitrogens with zero attached hydrogens (tertiary/aromatic N) is 2. The summed E-state index contributed by atoms with van der Waals surface area (Å²) < 4.78 is 26.9. The van der Waals surface area contributed by atoms with Crippen molar-refractivity contribution in [3.8, 4) is 0 Å². The van der Waals surface area contributed by atoms with Crippen LogP contribution in [-0.4, -0.2) is 49.6 Å². The minimum absolute atomic E-state index is 0.0000463. The van der Waals surface area contributed by atoms with E-state index >= 15 is 0 Å². The van der Waals surface area contributed by atoms with E-state index in [0.717, 1.165) is 31.8 Å². The number of halogens is 2. The molecule has 0 amide bonds. The van der Waals surface area contributed by atoms with E-state index in [1.54, 1.807) is 0 Å². The Morgan fingerprint density at radius 1 is 1.28 bits per heavy atom. The van der Waals surface area contributed by atoms with E-state index in [1.165, 1.54) is 6.07 Å². The molecule has 0 aromatic heterocycles. The second-order valence-corrected chi connectivity index (χ2v) is 5.00. The molecule has 0 aliphatic carbocycles. The average Bonchev–Trinajstić information content (AvgIpc) is 2.34.